The molecule has 1 atom stereocenters. The summed E-state index contributed by atoms with van der Waals surface area (Å²) in [6.45, 7) is 2.21. The van der Waals surface area contributed by atoms with Crippen LogP contribution in [0.25, 0.3) is 0 Å². The number of carbonyl (C=O) groups excluding carboxylic acids is 2. The molecule has 0 saturated heterocycles. The highest BCUT2D eigenvalue weighted by Crippen LogP contribution is 2.40. The molecule has 1 aromatic carbocycles. The molecule has 0 radical (unpaired) electrons. The van der Waals surface area contributed by atoms with Crippen LogP contribution in [-0.2, 0) is 17.6 Å². The van der Waals surface area contributed by atoms with Gasteiger partial charge in [0.15, 0.2) is 0 Å². The van der Waals surface area contributed by atoms with E-state index in [4.69, 9.17) is 4.74 Å². The van der Waals surface area contributed by atoms with Crippen molar-refractivity contribution in [3.63, 3.8) is 0 Å². The molecule has 0 bridgehead atoms. The van der Waals surface area contributed by atoms with Crippen LogP contribution >= 0.6 is 11.3 Å². The molecule has 0 spiro atoms. The number of amides is 1. The third-order valence-corrected chi connectivity index (χ3v) is 5.33. The largest absolute Gasteiger partial charge is 0.465 e. The Bertz CT molecular complexity index is 736. The number of benzene rings is 1. The minimum atomic E-state index is -0.375. The maximum absolute atomic E-state index is 12.4. The molecule has 1 amide bonds. The molecule has 1 heterocycles. The first-order valence-electron chi connectivity index (χ1n) is 7.69. The predicted octanol–water partition coefficient (Wildman–Crippen LogP) is 3.91. The number of thiophene rings is 1. The maximum atomic E-state index is 12.4. The van der Waals surface area contributed by atoms with E-state index in [1.807, 2.05) is 18.2 Å². The van der Waals surface area contributed by atoms with Crippen molar-refractivity contribution in [2.75, 3.05) is 12.4 Å². The van der Waals surface area contributed by atoms with E-state index in [9.17, 15) is 9.59 Å². The fourth-order valence-corrected chi connectivity index (χ4v) is 4.32. The standard InChI is InChI=1S/C18H19NO3S/c1-11-8-9-13-14(10-11)23-17(15(13)18(21)22-2)19-16(20)12-6-4-3-5-7-12/h3-7,11H,8-10H2,1-2H3,(H,19,20)/t11-/m0/s1. The van der Waals surface area contributed by atoms with E-state index in [-0.39, 0.29) is 11.9 Å². The lowest BCUT2D eigenvalue weighted by atomic mass is 9.88. The van der Waals surface area contributed by atoms with Crippen molar-refractivity contribution in [1.82, 2.24) is 0 Å². The smallest absolute Gasteiger partial charge is 0.341 e. The number of carbonyl (C=O) groups is 2. The minimum absolute atomic E-state index is 0.206. The monoisotopic (exact) mass is 329 g/mol. The number of fused-ring (bicyclic) bond motifs is 1. The molecule has 1 aliphatic carbocycles. The van der Waals surface area contributed by atoms with Crippen LogP contribution in [0.15, 0.2) is 30.3 Å². The summed E-state index contributed by atoms with van der Waals surface area (Å²) in [7, 11) is 1.38. The lowest BCUT2D eigenvalue weighted by Gasteiger charge is -2.18. The second-order valence-electron chi connectivity index (χ2n) is 5.87. The van der Waals surface area contributed by atoms with E-state index in [0.717, 1.165) is 24.8 Å². The summed E-state index contributed by atoms with van der Waals surface area (Å²) in [5, 5.41) is 3.49. The molecule has 23 heavy (non-hydrogen) atoms. The van der Waals surface area contributed by atoms with Gasteiger partial charge in [0, 0.05) is 10.4 Å². The molecule has 1 aliphatic rings. The van der Waals surface area contributed by atoms with Crippen LogP contribution in [0.1, 0.15) is 44.5 Å². The van der Waals surface area contributed by atoms with Crippen molar-refractivity contribution in [2.45, 2.75) is 26.2 Å². The zero-order valence-electron chi connectivity index (χ0n) is 13.2. The molecule has 0 fully saturated rings. The number of hydrogen-bond acceptors (Lipinski definition) is 4. The van der Waals surface area contributed by atoms with Gasteiger partial charge < -0.3 is 10.1 Å². The molecule has 5 heteroatoms. The molecule has 3 rings (SSSR count). The van der Waals surface area contributed by atoms with Crippen LogP contribution in [0.5, 0.6) is 0 Å². The topological polar surface area (TPSA) is 55.4 Å². The van der Waals surface area contributed by atoms with E-state index in [0.29, 0.717) is 22.0 Å². The zero-order valence-corrected chi connectivity index (χ0v) is 14.0. The number of rotatable bonds is 3. The Labute approximate surface area is 139 Å². The highest BCUT2D eigenvalue weighted by molar-refractivity contribution is 7.17. The molecule has 2 aromatic rings. The van der Waals surface area contributed by atoms with Gasteiger partial charge in [-0.3, -0.25) is 4.79 Å². The number of nitrogens with one attached hydrogen (secondary N) is 1. The fraction of sp³-hybridized carbons (Fsp3) is 0.333. The molecule has 1 aromatic heterocycles. The summed E-state index contributed by atoms with van der Waals surface area (Å²) in [4.78, 5) is 25.8. The average molecular weight is 329 g/mol. The molecular weight excluding hydrogens is 310 g/mol. The van der Waals surface area contributed by atoms with E-state index >= 15 is 0 Å². The number of hydrogen-bond donors (Lipinski definition) is 1. The SMILES string of the molecule is COC(=O)c1c(NC(=O)c2ccccc2)sc2c1CC[C@H](C)C2. The average Bonchev–Trinajstić information content (AvgIpc) is 2.91. The van der Waals surface area contributed by atoms with Crippen molar-refractivity contribution in [1.29, 1.82) is 0 Å². The van der Waals surface area contributed by atoms with Crippen molar-refractivity contribution in [3.05, 3.63) is 51.9 Å². The first-order valence-corrected chi connectivity index (χ1v) is 8.51. The van der Waals surface area contributed by atoms with Crippen LogP contribution < -0.4 is 5.32 Å². The van der Waals surface area contributed by atoms with Crippen LogP contribution in [-0.4, -0.2) is 19.0 Å². The third kappa shape index (κ3) is 3.15. The second kappa shape index (κ2) is 6.54. The van der Waals surface area contributed by atoms with Gasteiger partial charge in [0.2, 0.25) is 0 Å². The highest BCUT2D eigenvalue weighted by Gasteiger charge is 2.28. The van der Waals surface area contributed by atoms with Crippen molar-refractivity contribution < 1.29 is 14.3 Å². The Morgan fingerprint density at radius 2 is 2.00 bits per heavy atom. The predicted molar refractivity (Wildman–Crippen MR) is 91.2 cm³/mol. The first kappa shape index (κ1) is 15.7. The number of ether oxygens (including phenoxy) is 1. The van der Waals surface area contributed by atoms with Gasteiger partial charge in [-0.25, -0.2) is 4.79 Å². The Hall–Kier alpha value is -2.14. The van der Waals surface area contributed by atoms with Crippen LogP contribution in [0.3, 0.4) is 0 Å². The molecule has 0 aliphatic heterocycles. The van der Waals surface area contributed by atoms with Crippen LogP contribution in [0.4, 0.5) is 5.00 Å². The first-order chi connectivity index (χ1) is 11.1. The molecule has 120 valence electrons. The van der Waals surface area contributed by atoms with Crippen molar-refractivity contribution in [2.24, 2.45) is 5.92 Å². The Balaban J connectivity index is 1.95. The Morgan fingerprint density at radius 3 is 2.70 bits per heavy atom. The van der Waals surface area contributed by atoms with Crippen LogP contribution in [0.2, 0.25) is 0 Å². The lowest BCUT2D eigenvalue weighted by Crippen LogP contribution is -2.16. The van der Waals surface area contributed by atoms with E-state index < -0.39 is 0 Å². The normalized spacial score (nSPS) is 16.5. The second-order valence-corrected chi connectivity index (χ2v) is 6.97. The molecule has 0 saturated carbocycles. The fourth-order valence-electron chi connectivity index (χ4n) is 2.92. The van der Waals surface area contributed by atoms with Gasteiger partial charge in [-0.2, -0.15) is 0 Å². The summed E-state index contributed by atoms with van der Waals surface area (Å²) in [5.74, 6) is 0.0205. The Morgan fingerprint density at radius 1 is 1.26 bits per heavy atom. The van der Waals surface area contributed by atoms with Crippen molar-refractivity contribution >= 4 is 28.2 Å². The maximum Gasteiger partial charge on any atom is 0.341 e. The number of methoxy groups -OCH3 is 1. The van der Waals surface area contributed by atoms with E-state index in [1.165, 1.54) is 23.3 Å². The quantitative estimate of drug-likeness (QED) is 0.869. The number of anilines is 1. The molecule has 4 nitrogen and oxygen atoms in total. The molecule has 0 unspecified atom stereocenters. The molecule has 1 N–H and O–H groups in total. The van der Waals surface area contributed by atoms with Gasteiger partial charge in [0.25, 0.3) is 5.91 Å². The van der Waals surface area contributed by atoms with Crippen LogP contribution in [0, 0.1) is 5.92 Å². The van der Waals surface area contributed by atoms with E-state index in [1.54, 1.807) is 12.1 Å². The van der Waals surface area contributed by atoms with Gasteiger partial charge in [-0.1, -0.05) is 25.1 Å². The minimum Gasteiger partial charge on any atom is -0.465 e. The highest BCUT2D eigenvalue weighted by atomic mass is 32.1. The summed E-state index contributed by atoms with van der Waals surface area (Å²) in [5.41, 5.74) is 2.15. The van der Waals surface area contributed by atoms with Gasteiger partial charge in [-0.15, -0.1) is 11.3 Å². The molecular formula is C18H19NO3S. The summed E-state index contributed by atoms with van der Waals surface area (Å²) >= 11 is 1.50. The zero-order chi connectivity index (χ0) is 16.4. The van der Waals surface area contributed by atoms with Gasteiger partial charge in [0.05, 0.1) is 12.7 Å². The lowest BCUT2D eigenvalue weighted by molar-refractivity contribution is 0.0601. The van der Waals surface area contributed by atoms with E-state index in [2.05, 4.69) is 12.2 Å². The third-order valence-electron chi connectivity index (χ3n) is 4.16. The number of esters is 1. The van der Waals surface area contributed by atoms with Crippen molar-refractivity contribution in [3.8, 4) is 0 Å². The van der Waals surface area contributed by atoms with Gasteiger partial charge in [0.1, 0.15) is 5.00 Å². The summed E-state index contributed by atoms with van der Waals surface area (Å²) in [6, 6.07) is 9.00. The Kier molecular flexibility index (Phi) is 4.48. The summed E-state index contributed by atoms with van der Waals surface area (Å²) in [6.07, 6.45) is 2.86. The summed E-state index contributed by atoms with van der Waals surface area (Å²) < 4.78 is 4.93. The van der Waals surface area contributed by atoms with Gasteiger partial charge in [-0.05, 0) is 42.9 Å². The van der Waals surface area contributed by atoms with Gasteiger partial charge >= 0.3 is 5.97 Å².